The Balaban J connectivity index is 1.87. The van der Waals surface area contributed by atoms with Gasteiger partial charge in [0.15, 0.2) is 0 Å². The van der Waals surface area contributed by atoms with Gasteiger partial charge in [0.05, 0.1) is 6.20 Å². The first-order valence-electron chi connectivity index (χ1n) is 6.57. The van der Waals surface area contributed by atoms with Crippen molar-refractivity contribution in [3.05, 3.63) is 42.7 Å². The fraction of sp³-hybridized carbons (Fsp3) is 0.400. The van der Waals surface area contributed by atoms with Crippen molar-refractivity contribution in [2.75, 3.05) is 6.54 Å². The topological polar surface area (TPSA) is 29.9 Å². The summed E-state index contributed by atoms with van der Waals surface area (Å²) in [7, 11) is 0. The second-order valence-electron chi connectivity index (χ2n) is 4.82. The Morgan fingerprint density at radius 1 is 1.17 bits per heavy atom. The Kier molecular flexibility index (Phi) is 4.53. The van der Waals surface area contributed by atoms with Crippen LogP contribution in [0.1, 0.15) is 20.3 Å². The fourth-order valence-electron chi connectivity index (χ4n) is 1.90. The molecule has 0 atom stereocenters. The maximum atomic E-state index is 4.40. The Hall–Kier alpha value is -1.61. The van der Waals surface area contributed by atoms with Gasteiger partial charge in [-0.25, -0.2) is 0 Å². The highest BCUT2D eigenvalue weighted by Crippen LogP contribution is 2.17. The molecule has 18 heavy (non-hydrogen) atoms. The van der Waals surface area contributed by atoms with Crippen molar-refractivity contribution in [1.82, 2.24) is 15.1 Å². The number of benzene rings is 1. The van der Waals surface area contributed by atoms with Crippen LogP contribution in [0.25, 0.3) is 11.1 Å². The van der Waals surface area contributed by atoms with Crippen LogP contribution in [0.15, 0.2) is 42.7 Å². The number of aromatic nitrogens is 2. The monoisotopic (exact) mass is 243 g/mol. The van der Waals surface area contributed by atoms with Crippen molar-refractivity contribution in [1.29, 1.82) is 0 Å². The molecule has 0 amide bonds. The number of hydrogen-bond acceptors (Lipinski definition) is 2. The third kappa shape index (κ3) is 3.70. The fourth-order valence-corrected chi connectivity index (χ4v) is 1.90. The molecule has 0 spiro atoms. The van der Waals surface area contributed by atoms with E-state index in [0.717, 1.165) is 19.5 Å². The number of nitrogens with one attached hydrogen (secondary N) is 1. The van der Waals surface area contributed by atoms with Gasteiger partial charge in [0, 0.05) is 24.3 Å². The van der Waals surface area contributed by atoms with E-state index < -0.39 is 0 Å². The van der Waals surface area contributed by atoms with Crippen molar-refractivity contribution in [3.8, 4) is 11.1 Å². The van der Waals surface area contributed by atoms with Crippen LogP contribution in [0.3, 0.4) is 0 Å². The van der Waals surface area contributed by atoms with Gasteiger partial charge in [0.2, 0.25) is 0 Å². The molecule has 1 heterocycles. The molecule has 0 aliphatic heterocycles. The summed E-state index contributed by atoms with van der Waals surface area (Å²) in [6.07, 6.45) is 5.16. The molecule has 1 N–H and O–H groups in total. The van der Waals surface area contributed by atoms with Gasteiger partial charge >= 0.3 is 0 Å². The van der Waals surface area contributed by atoms with E-state index in [-0.39, 0.29) is 0 Å². The van der Waals surface area contributed by atoms with Crippen LogP contribution >= 0.6 is 0 Å². The molecule has 0 saturated carbocycles. The molecule has 96 valence electrons. The van der Waals surface area contributed by atoms with E-state index in [0.29, 0.717) is 6.04 Å². The average molecular weight is 243 g/mol. The van der Waals surface area contributed by atoms with E-state index in [9.17, 15) is 0 Å². The van der Waals surface area contributed by atoms with Gasteiger partial charge in [0.1, 0.15) is 0 Å². The zero-order valence-electron chi connectivity index (χ0n) is 11.1. The van der Waals surface area contributed by atoms with Gasteiger partial charge in [-0.3, -0.25) is 4.68 Å². The standard InChI is InChI=1S/C15H21N3/c1-13(2)16-9-6-10-18-12-15(11-17-18)14-7-4-3-5-8-14/h3-5,7-8,11-13,16H,6,9-10H2,1-2H3. The number of rotatable bonds is 6. The minimum atomic E-state index is 0.558. The lowest BCUT2D eigenvalue weighted by molar-refractivity contribution is 0.514. The van der Waals surface area contributed by atoms with Gasteiger partial charge in [-0.2, -0.15) is 5.10 Å². The van der Waals surface area contributed by atoms with Gasteiger partial charge < -0.3 is 5.32 Å². The minimum Gasteiger partial charge on any atom is -0.314 e. The molecule has 0 unspecified atom stereocenters. The predicted octanol–water partition coefficient (Wildman–Crippen LogP) is 2.94. The second kappa shape index (κ2) is 6.36. The lowest BCUT2D eigenvalue weighted by Crippen LogP contribution is -2.24. The van der Waals surface area contributed by atoms with Gasteiger partial charge in [-0.15, -0.1) is 0 Å². The Morgan fingerprint density at radius 2 is 1.94 bits per heavy atom. The smallest absolute Gasteiger partial charge is 0.0568 e. The van der Waals surface area contributed by atoms with Crippen LogP contribution in [-0.2, 0) is 6.54 Å². The molecular formula is C15H21N3. The summed E-state index contributed by atoms with van der Waals surface area (Å²) in [5, 5.41) is 7.81. The highest BCUT2D eigenvalue weighted by molar-refractivity contribution is 5.61. The van der Waals surface area contributed by atoms with Gasteiger partial charge in [0.25, 0.3) is 0 Å². The van der Waals surface area contributed by atoms with E-state index in [1.807, 2.05) is 16.9 Å². The molecular weight excluding hydrogens is 222 g/mol. The number of aryl methyl sites for hydroxylation is 1. The molecule has 0 bridgehead atoms. The first-order valence-corrected chi connectivity index (χ1v) is 6.57. The highest BCUT2D eigenvalue weighted by atomic mass is 15.3. The lowest BCUT2D eigenvalue weighted by Gasteiger charge is -2.07. The van der Waals surface area contributed by atoms with Gasteiger partial charge in [-0.05, 0) is 18.5 Å². The molecule has 0 aliphatic rings. The largest absolute Gasteiger partial charge is 0.314 e. The molecule has 1 aromatic heterocycles. The van der Waals surface area contributed by atoms with Crippen molar-refractivity contribution < 1.29 is 0 Å². The molecule has 0 saturated heterocycles. The SMILES string of the molecule is CC(C)NCCCn1cc(-c2ccccc2)cn1. The quantitative estimate of drug-likeness (QED) is 0.791. The van der Waals surface area contributed by atoms with Crippen LogP contribution in [0.5, 0.6) is 0 Å². The van der Waals surface area contributed by atoms with Crippen molar-refractivity contribution in [2.45, 2.75) is 32.9 Å². The molecule has 1 aromatic carbocycles. The zero-order valence-corrected chi connectivity index (χ0v) is 11.1. The summed E-state index contributed by atoms with van der Waals surface area (Å²) in [4.78, 5) is 0. The minimum absolute atomic E-state index is 0.558. The van der Waals surface area contributed by atoms with Crippen LogP contribution in [0.4, 0.5) is 0 Å². The highest BCUT2D eigenvalue weighted by Gasteiger charge is 2.00. The van der Waals surface area contributed by atoms with E-state index in [2.05, 4.69) is 54.7 Å². The lowest BCUT2D eigenvalue weighted by atomic mass is 10.1. The first kappa shape index (κ1) is 12.8. The molecule has 0 fully saturated rings. The van der Waals surface area contributed by atoms with E-state index in [4.69, 9.17) is 0 Å². The van der Waals surface area contributed by atoms with Crippen LogP contribution < -0.4 is 5.32 Å². The van der Waals surface area contributed by atoms with Crippen molar-refractivity contribution >= 4 is 0 Å². The second-order valence-corrected chi connectivity index (χ2v) is 4.82. The van der Waals surface area contributed by atoms with Crippen LogP contribution in [0.2, 0.25) is 0 Å². The summed E-state index contributed by atoms with van der Waals surface area (Å²) >= 11 is 0. The summed E-state index contributed by atoms with van der Waals surface area (Å²) < 4.78 is 2.02. The van der Waals surface area contributed by atoms with Crippen molar-refractivity contribution in [3.63, 3.8) is 0 Å². The Bertz CT molecular complexity index is 460. The maximum Gasteiger partial charge on any atom is 0.0568 e. The summed E-state index contributed by atoms with van der Waals surface area (Å²) in [5.41, 5.74) is 2.41. The van der Waals surface area contributed by atoms with E-state index in [1.165, 1.54) is 11.1 Å². The molecule has 3 nitrogen and oxygen atoms in total. The van der Waals surface area contributed by atoms with Crippen LogP contribution in [-0.4, -0.2) is 22.4 Å². The number of nitrogens with zero attached hydrogens (tertiary/aromatic N) is 2. The van der Waals surface area contributed by atoms with Crippen LogP contribution in [0, 0.1) is 0 Å². The number of hydrogen-bond donors (Lipinski definition) is 1. The summed E-state index contributed by atoms with van der Waals surface area (Å²) in [6.45, 7) is 6.34. The average Bonchev–Trinajstić information content (AvgIpc) is 2.84. The third-order valence-corrected chi connectivity index (χ3v) is 2.86. The van der Waals surface area contributed by atoms with Crippen molar-refractivity contribution in [2.24, 2.45) is 0 Å². The van der Waals surface area contributed by atoms with E-state index >= 15 is 0 Å². The third-order valence-electron chi connectivity index (χ3n) is 2.86. The van der Waals surface area contributed by atoms with Gasteiger partial charge in [-0.1, -0.05) is 44.2 Å². The Labute approximate surface area is 109 Å². The predicted molar refractivity (Wildman–Crippen MR) is 75.4 cm³/mol. The summed E-state index contributed by atoms with van der Waals surface area (Å²) in [5.74, 6) is 0. The normalized spacial score (nSPS) is 11.1. The molecule has 2 rings (SSSR count). The molecule has 0 radical (unpaired) electrons. The maximum absolute atomic E-state index is 4.40. The molecule has 3 heteroatoms. The molecule has 0 aliphatic carbocycles. The zero-order chi connectivity index (χ0) is 12.8. The molecule has 2 aromatic rings. The van der Waals surface area contributed by atoms with E-state index in [1.54, 1.807) is 0 Å². The Morgan fingerprint density at radius 3 is 2.67 bits per heavy atom. The summed E-state index contributed by atoms with van der Waals surface area (Å²) in [6, 6.07) is 10.9. The first-order chi connectivity index (χ1) is 8.75.